The minimum atomic E-state index is -3.66. The molecule has 0 saturated heterocycles. The Balaban J connectivity index is 1.38. The zero-order valence-corrected chi connectivity index (χ0v) is 13.4. The molecule has 1 atom stereocenters. The van der Waals surface area contributed by atoms with Gasteiger partial charge in [0, 0.05) is 23.7 Å². The molecule has 2 aromatic carbocycles. The van der Waals surface area contributed by atoms with Crippen LogP contribution in [0.2, 0.25) is 0 Å². The molecule has 2 heterocycles. The van der Waals surface area contributed by atoms with Crippen molar-refractivity contribution in [2.24, 2.45) is 0 Å². The number of carbonyl (C=O) groups excluding carboxylic acids is 1. The molecule has 0 spiro atoms. The first-order valence-corrected chi connectivity index (χ1v) is 8.09. The van der Waals surface area contributed by atoms with Crippen molar-refractivity contribution in [2.45, 2.75) is 19.3 Å². The number of amides is 1. The molecule has 0 bridgehead atoms. The monoisotopic (exact) mass is 347 g/mol. The first-order valence-electron chi connectivity index (χ1n) is 8.09. The van der Waals surface area contributed by atoms with Gasteiger partial charge in [-0.2, -0.15) is 0 Å². The summed E-state index contributed by atoms with van der Waals surface area (Å²) in [5.74, 6) is -0.289. The van der Waals surface area contributed by atoms with E-state index in [1.165, 1.54) is 34.2 Å². The summed E-state index contributed by atoms with van der Waals surface area (Å²) in [6, 6.07) is 12.5. The normalized spacial score (nSPS) is 20.0. The highest BCUT2D eigenvalue weighted by atomic mass is 19.3. The van der Waals surface area contributed by atoms with Gasteiger partial charge < -0.3 is 19.7 Å². The first kappa shape index (κ1) is 15.8. The van der Waals surface area contributed by atoms with Crippen LogP contribution < -0.4 is 19.7 Å². The molecule has 5 nitrogen and oxygen atoms in total. The molecule has 4 rings (SSSR count). The van der Waals surface area contributed by atoms with Gasteiger partial charge in [-0.05, 0) is 17.7 Å². The number of anilines is 1. The molecule has 25 heavy (non-hydrogen) atoms. The molecule has 7 heteroatoms. The Hall–Kier alpha value is -2.67. The Bertz CT molecular complexity index is 826. The lowest BCUT2D eigenvalue weighted by molar-refractivity contribution is -0.907. The lowest BCUT2D eigenvalue weighted by atomic mass is 10.00. The van der Waals surface area contributed by atoms with Crippen LogP contribution in [0.15, 0.2) is 42.5 Å². The average molecular weight is 347 g/mol. The minimum Gasteiger partial charge on any atom is -0.395 e. The fourth-order valence-electron chi connectivity index (χ4n) is 3.25. The van der Waals surface area contributed by atoms with Crippen molar-refractivity contribution < 1.29 is 27.9 Å². The summed E-state index contributed by atoms with van der Waals surface area (Å²) in [6.07, 6.45) is -2.71. The molecule has 2 aromatic rings. The highest BCUT2D eigenvalue weighted by molar-refractivity contribution is 5.91. The molecule has 2 N–H and O–H groups in total. The quantitative estimate of drug-likeness (QED) is 0.887. The van der Waals surface area contributed by atoms with Crippen LogP contribution in [0, 0.1) is 0 Å². The van der Waals surface area contributed by atoms with Crippen molar-refractivity contribution >= 4 is 11.6 Å². The van der Waals surface area contributed by atoms with Crippen LogP contribution in [-0.4, -0.2) is 25.3 Å². The van der Waals surface area contributed by atoms with E-state index < -0.39 is 6.29 Å². The summed E-state index contributed by atoms with van der Waals surface area (Å²) in [4.78, 5) is 13.4. The van der Waals surface area contributed by atoms with Crippen molar-refractivity contribution in [3.63, 3.8) is 0 Å². The smallest absolute Gasteiger partial charge is 0.395 e. The predicted octanol–water partition coefficient (Wildman–Crippen LogP) is 1.59. The lowest BCUT2D eigenvalue weighted by Crippen LogP contribution is -3.12. The number of nitrogens with one attached hydrogen (secondary N) is 2. The summed E-state index contributed by atoms with van der Waals surface area (Å²) < 4.78 is 34.8. The molecule has 0 radical (unpaired) electrons. The fraction of sp³-hybridized carbons (Fsp3) is 0.278. The number of benzene rings is 2. The van der Waals surface area contributed by atoms with Crippen molar-refractivity contribution in [3.8, 4) is 11.5 Å². The Morgan fingerprint density at radius 1 is 1.12 bits per heavy atom. The van der Waals surface area contributed by atoms with E-state index >= 15 is 0 Å². The maximum Gasteiger partial charge on any atom is 0.586 e. The molecule has 1 amide bonds. The maximum atomic E-state index is 13.0. The summed E-state index contributed by atoms with van der Waals surface area (Å²) >= 11 is 0. The van der Waals surface area contributed by atoms with E-state index in [-0.39, 0.29) is 17.4 Å². The van der Waals surface area contributed by atoms with Gasteiger partial charge in [0.1, 0.15) is 6.54 Å². The van der Waals surface area contributed by atoms with Crippen LogP contribution in [0.5, 0.6) is 11.5 Å². The third kappa shape index (κ3) is 3.41. The number of hydrogen-bond acceptors (Lipinski definition) is 3. The Morgan fingerprint density at radius 3 is 2.72 bits per heavy atom. The summed E-state index contributed by atoms with van der Waals surface area (Å²) in [7, 11) is 0. The van der Waals surface area contributed by atoms with Crippen LogP contribution >= 0.6 is 0 Å². The Morgan fingerprint density at radius 2 is 1.88 bits per heavy atom. The molecule has 0 aromatic heterocycles. The summed E-state index contributed by atoms with van der Waals surface area (Å²) in [5, 5.41) is 2.73. The Kier molecular flexibility index (Phi) is 3.80. The van der Waals surface area contributed by atoms with Gasteiger partial charge in [0.15, 0.2) is 18.0 Å². The molecule has 0 fully saturated rings. The largest absolute Gasteiger partial charge is 0.586 e. The summed E-state index contributed by atoms with van der Waals surface area (Å²) in [6.45, 7) is 2.01. The highest BCUT2D eigenvalue weighted by Crippen LogP contribution is 2.42. The molecular weight excluding hydrogens is 330 g/mol. The number of hydrogen-bond donors (Lipinski definition) is 2. The van der Waals surface area contributed by atoms with Crippen LogP contribution in [0.1, 0.15) is 11.1 Å². The van der Waals surface area contributed by atoms with E-state index in [1.807, 2.05) is 12.1 Å². The van der Waals surface area contributed by atoms with Crippen molar-refractivity contribution in [3.05, 3.63) is 53.6 Å². The van der Waals surface area contributed by atoms with Gasteiger partial charge in [-0.1, -0.05) is 24.3 Å². The van der Waals surface area contributed by atoms with Crippen molar-refractivity contribution in [1.29, 1.82) is 0 Å². The second-order valence-corrected chi connectivity index (χ2v) is 6.25. The number of alkyl halides is 2. The predicted molar refractivity (Wildman–Crippen MR) is 85.8 cm³/mol. The molecule has 2 aliphatic heterocycles. The summed E-state index contributed by atoms with van der Waals surface area (Å²) in [5.41, 5.74) is 3.01. The second kappa shape index (κ2) is 6.00. The number of rotatable bonds is 3. The molecular formula is C18H17F2N2O3+. The van der Waals surface area contributed by atoms with Crippen LogP contribution in [0.4, 0.5) is 14.5 Å². The van der Waals surface area contributed by atoms with E-state index in [0.717, 1.165) is 19.5 Å². The molecule has 0 saturated carbocycles. The Labute approximate surface area is 143 Å². The maximum absolute atomic E-state index is 13.0. The number of quaternary nitrogens is 1. The van der Waals surface area contributed by atoms with Gasteiger partial charge in [-0.25, -0.2) is 0 Å². The van der Waals surface area contributed by atoms with Gasteiger partial charge >= 0.3 is 6.29 Å². The second-order valence-electron chi connectivity index (χ2n) is 6.25. The van der Waals surface area contributed by atoms with Gasteiger partial charge in [0.05, 0.1) is 6.54 Å². The topological polar surface area (TPSA) is 52.0 Å². The van der Waals surface area contributed by atoms with Crippen LogP contribution in [-0.2, 0) is 17.8 Å². The highest BCUT2D eigenvalue weighted by Gasteiger charge is 2.43. The van der Waals surface area contributed by atoms with E-state index in [0.29, 0.717) is 12.2 Å². The zero-order chi connectivity index (χ0) is 17.4. The minimum absolute atomic E-state index is 0.0405. The van der Waals surface area contributed by atoms with E-state index in [1.54, 1.807) is 0 Å². The van der Waals surface area contributed by atoms with E-state index in [9.17, 15) is 13.6 Å². The molecule has 1 unspecified atom stereocenters. The van der Waals surface area contributed by atoms with Gasteiger partial charge in [0.25, 0.3) is 5.91 Å². The number of ether oxygens (including phenoxy) is 2. The van der Waals surface area contributed by atoms with Gasteiger partial charge in [-0.15, -0.1) is 8.78 Å². The lowest BCUT2D eigenvalue weighted by Gasteiger charge is -2.25. The van der Waals surface area contributed by atoms with E-state index in [4.69, 9.17) is 0 Å². The zero-order valence-electron chi connectivity index (χ0n) is 13.4. The fourth-order valence-corrected chi connectivity index (χ4v) is 3.25. The van der Waals surface area contributed by atoms with Crippen LogP contribution in [0.3, 0.4) is 0 Å². The third-order valence-electron chi connectivity index (χ3n) is 4.40. The first-order chi connectivity index (χ1) is 12.0. The standard InChI is InChI=1S/C18H16F2N2O3/c19-18(20)24-15-6-5-14(9-16(15)25-18)21-17(23)11-22-8-7-12-3-1-2-4-13(12)10-22/h1-6,9H,7-8,10-11H2,(H,21,23)/p+1. The SMILES string of the molecule is O=C(C[NH+]1CCc2ccccc2C1)Nc1ccc2c(c1)OC(F)(F)O2. The number of carbonyl (C=O) groups is 1. The van der Waals surface area contributed by atoms with Crippen LogP contribution in [0.25, 0.3) is 0 Å². The van der Waals surface area contributed by atoms with E-state index in [2.05, 4.69) is 26.9 Å². The number of halogens is 2. The third-order valence-corrected chi connectivity index (χ3v) is 4.40. The van der Waals surface area contributed by atoms with Gasteiger partial charge in [0.2, 0.25) is 0 Å². The van der Waals surface area contributed by atoms with Crippen molar-refractivity contribution in [1.82, 2.24) is 0 Å². The van der Waals surface area contributed by atoms with Gasteiger partial charge in [-0.3, -0.25) is 4.79 Å². The van der Waals surface area contributed by atoms with Crippen molar-refractivity contribution in [2.75, 3.05) is 18.4 Å². The average Bonchev–Trinajstić information content (AvgIpc) is 2.87. The molecule has 2 aliphatic rings. The molecule has 130 valence electrons. The number of fused-ring (bicyclic) bond motifs is 2. The molecule has 0 aliphatic carbocycles.